The average molecular weight is 269 g/mol. The minimum Gasteiger partial charge on any atom is -0.397 e. The lowest BCUT2D eigenvalue weighted by Gasteiger charge is -2.17. The Labute approximate surface area is 113 Å². The highest BCUT2D eigenvalue weighted by molar-refractivity contribution is 5.94. The first-order valence-electron chi connectivity index (χ1n) is 6.48. The predicted octanol–water partition coefficient (Wildman–Crippen LogP) is 0.607. The van der Waals surface area contributed by atoms with Crippen molar-refractivity contribution in [3.05, 3.63) is 18.0 Å². The molecule has 6 heteroatoms. The van der Waals surface area contributed by atoms with E-state index >= 15 is 0 Å². The van der Waals surface area contributed by atoms with Gasteiger partial charge in [0.2, 0.25) is 0 Å². The smallest absolute Gasteiger partial charge is 0.268 e. The summed E-state index contributed by atoms with van der Waals surface area (Å²) in [6.07, 6.45) is 3.14. The second kappa shape index (κ2) is 7.81. The maximum Gasteiger partial charge on any atom is 0.268 e. The summed E-state index contributed by atoms with van der Waals surface area (Å²) in [7, 11) is 1.56. The van der Waals surface area contributed by atoms with Crippen molar-refractivity contribution in [2.45, 2.75) is 32.4 Å². The van der Waals surface area contributed by atoms with Crippen molar-refractivity contribution < 1.29 is 14.6 Å². The normalized spacial score (nSPS) is 12.4. The Morgan fingerprint density at radius 1 is 1.63 bits per heavy atom. The molecule has 0 aromatic carbocycles. The van der Waals surface area contributed by atoms with Crippen LogP contribution in [0.15, 0.2) is 12.3 Å². The van der Waals surface area contributed by atoms with Gasteiger partial charge in [-0.3, -0.25) is 4.79 Å². The second-order valence-corrected chi connectivity index (χ2v) is 4.49. The highest BCUT2D eigenvalue weighted by Crippen LogP contribution is 2.12. The lowest BCUT2D eigenvalue weighted by atomic mass is 10.2. The van der Waals surface area contributed by atoms with Gasteiger partial charge < -0.3 is 25.5 Å². The topological polar surface area (TPSA) is 89.5 Å². The van der Waals surface area contributed by atoms with Gasteiger partial charge in [0, 0.05) is 26.5 Å². The van der Waals surface area contributed by atoms with Gasteiger partial charge in [-0.15, -0.1) is 0 Å². The molecule has 4 N–H and O–H groups in total. The molecule has 0 saturated heterocycles. The summed E-state index contributed by atoms with van der Waals surface area (Å²) in [5.41, 5.74) is 6.84. The minimum absolute atomic E-state index is 0.00637. The fourth-order valence-corrected chi connectivity index (χ4v) is 1.96. The number of anilines is 1. The Morgan fingerprint density at radius 3 is 2.95 bits per heavy atom. The zero-order valence-corrected chi connectivity index (χ0v) is 11.6. The van der Waals surface area contributed by atoms with Crippen LogP contribution >= 0.6 is 0 Å². The van der Waals surface area contributed by atoms with Crippen LogP contribution in [-0.2, 0) is 11.3 Å². The standard InChI is InChI=1S/C13H23N3O3/c1-3-5-16-8-10(14)7-12(16)13(18)15-11(4-6-17)9-19-2/h7-8,11,17H,3-6,9,14H2,1-2H3,(H,15,18). The number of nitrogens with zero attached hydrogens (tertiary/aromatic N) is 1. The van der Waals surface area contributed by atoms with Gasteiger partial charge in [-0.25, -0.2) is 0 Å². The maximum atomic E-state index is 12.2. The highest BCUT2D eigenvalue weighted by atomic mass is 16.5. The highest BCUT2D eigenvalue weighted by Gasteiger charge is 2.17. The van der Waals surface area contributed by atoms with Crippen LogP contribution in [0.3, 0.4) is 0 Å². The van der Waals surface area contributed by atoms with Gasteiger partial charge in [-0.2, -0.15) is 0 Å². The number of methoxy groups -OCH3 is 1. The van der Waals surface area contributed by atoms with E-state index in [9.17, 15) is 4.79 Å². The largest absolute Gasteiger partial charge is 0.397 e. The van der Waals surface area contributed by atoms with Gasteiger partial charge in [0.05, 0.1) is 18.3 Å². The quantitative estimate of drug-likeness (QED) is 0.645. The molecule has 0 saturated carbocycles. The molecule has 1 atom stereocenters. The molecule has 1 unspecified atom stereocenters. The van der Waals surface area contributed by atoms with Crippen LogP contribution in [0.5, 0.6) is 0 Å². The first kappa shape index (κ1) is 15.5. The number of ether oxygens (including phenoxy) is 1. The molecule has 1 amide bonds. The number of hydrogen-bond acceptors (Lipinski definition) is 4. The number of nitrogen functional groups attached to an aromatic ring is 1. The molecule has 1 rings (SSSR count). The number of nitrogens with one attached hydrogen (secondary N) is 1. The summed E-state index contributed by atoms with van der Waals surface area (Å²) < 4.78 is 6.86. The molecule has 0 aliphatic carbocycles. The number of aryl methyl sites for hydroxylation is 1. The number of carbonyl (C=O) groups is 1. The lowest BCUT2D eigenvalue weighted by Crippen LogP contribution is -2.39. The van der Waals surface area contributed by atoms with Crippen LogP contribution in [0.1, 0.15) is 30.3 Å². The van der Waals surface area contributed by atoms with Crippen LogP contribution in [0.2, 0.25) is 0 Å². The Morgan fingerprint density at radius 2 is 2.37 bits per heavy atom. The van der Waals surface area contributed by atoms with E-state index in [1.54, 1.807) is 19.4 Å². The molecule has 1 aromatic rings. The molecule has 1 heterocycles. The number of aliphatic hydroxyl groups excluding tert-OH is 1. The third kappa shape index (κ3) is 4.57. The molecule has 108 valence electrons. The average Bonchev–Trinajstić information content (AvgIpc) is 2.71. The fraction of sp³-hybridized carbons (Fsp3) is 0.615. The Kier molecular flexibility index (Phi) is 6.38. The van der Waals surface area contributed by atoms with Gasteiger partial charge >= 0.3 is 0 Å². The van der Waals surface area contributed by atoms with Crippen LogP contribution < -0.4 is 11.1 Å². The third-order valence-corrected chi connectivity index (χ3v) is 2.80. The first-order valence-corrected chi connectivity index (χ1v) is 6.48. The minimum atomic E-state index is -0.200. The molecule has 0 fully saturated rings. The van der Waals surface area contributed by atoms with E-state index in [1.165, 1.54) is 0 Å². The summed E-state index contributed by atoms with van der Waals surface area (Å²) in [5.74, 6) is -0.194. The number of hydrogen-bond donors (Lipinski definition) is 3. The molecule has 0 aliphatic rings. The number of amides is 1. The Balaban J connectivity index is 2.75. The van der Waals surface area contributed by atoms with Gasteiger partial charge in [0.1, 0.15) is 5.69 Å². The predicted molar refractivity (Wildman–Crippen MR) is 74.0 cm³/mol. The molecule has 1 aromatic heterocycles. The van der Waals surface area contributed by atoms with Crippen molar-refractivity contribution in [3.8, 4) is 0 Å². The molecule has 19 heavy (non-hydrogen) atoms. The van der Waals surface area contributed by atoms with Crippen molar-refractivity contribution >= 4 is 11.6 Å². The van der Waals surface area contributed by atoms with Gasteiger partial charge in [-0.1, -0.05) is 6.92 Å². The van der Waals surface area contributed by atoms with E-state index in [0.29, 0.717) is 24.4 Å². The molecular weight excluding hydrogens is 246 g/mol. The molecule has 0 bridgehead atoms. The summed E-state index contributed by atoms with van der Waals surface area (Å²) in [5, 5.41) is 11.8. The second-order valence-electron chi connectivity index (χ2n) is 4.49. The monoisotopic (exact) mass is 269 g/mol. The number of nitrogens with two attached hydrogens (primary N) is 1. The van der Waals surface area contributed by atoms with Crippen molar-refractivity contribution in [1.29, 1.82) is 0 Å². The zero-order chi connectivity index (χ0) is 14.3. The van der Waals surface area contributed by atoms with E-state index in [2.05, 4.69) is 5.32 Å². The van der Waals surface area contributed by atoms with Crippen molar-refractivity contribution in [2.24, 2.45) is 0 Å². The summed E-state index contributed by atoms with van der Waals surface area (Å²) >= 11 is 0. The first-order chi connectivity index (χ1) is 9.12. The molecule has 0 spiro atoms. The maximum absolute atomic E-state index is 12.2. The van der Waals surface area contributed by atoms with Crippen LogP contribution in [0.4, 0.5) is 5.69 Å². The van der Waals surface area contributed by atoms with Crippen molar-refractivity contribution in [1.82, 2.24) is 9.88 Å². The van der Waals surface area contributed by atoms with Crippen LogP contribution in [0.25, 0.3) is 0 Å². The van der Waals surface area contributed by atoms with Crippen LogP contribution in [0, 0.1) is 0 Å². The van der Waals surface area contributed by atoms with Gasteiger partial charge in [0.15, 0.2) is 0 Å². The Hall–Kier alpha value is -1.53. The SMILES string of the molecule is CCCn1cc(N)cc1C(=O)NC(CCO)COC. The van der Waals surface area contributed by atoms with E-state index in [4.69, 9.17) is 15.6 Å². The summed E-state index contributed by atoms with van der Waals surface area (Å²) in [4.78, 5) is 12.2. The Bertz CT molecular complexity index is 398. The van der Waals surface area contributed by atoms with Crippen molar-refractivity contribution in [2.75, 3.05) is 26.1 Å². The van der Waals surface area contributed by atoms with Gasteiger partial charge in [0.25, 0.3) is 5.91 Å². The van der Waals surface area contributed by atoms with E-state index in [-0.39, 0.29) is 18.6 Å². The number of carbonyl (C=O) groups excluding carboxylic acids is 1. The van der Waals surface area contributed by atoms with E-state index in [1.807, 2.05) is 11.5 Å². The molecule has 6 nitrogen and oxygen atoms in total. The molecule has 0 radical (unpaired) electrons. The fourth-order valence-electron chi connectivity index (χ4n) is 1.96. The van der Waals surface area contributed by atoms with Gasteiger partial charge in [-0.05, 0) is 18.9 Å². The van der Waals surface area contributed by atoms with E-state index in [0.717, 1.165) is 13.0 Å². The zero-order valence-electron chi connectivity index (χ0n) is 11.6. The summed E-state index contributed by atoms with van der Waals surface area (Å²) in [6.45, 7) is 3.16. The number of aliphatic hydroxyl groups is 1. The molecular formula is C13H23N3O3. The van der Waals surface area contributed by atoms with Crippen molar-refractivity contribution in [3.63, 3.8) is 0 Å². The lowest BCUT2D eigenvalue weighted by molar-refractivity contribution is 0.0869. The number of aromatic nitrogens is 1. The van der Waals surface area contributed by atoms with E-state index < -0.39 is 0 Å². The molecule has 0 aliphatic heterocycles. The van der Waals surface area contributed by atoms with Crippen LogP contribution in [-0.4, -0.2) is 41.9 Å². The number of rotatable bonds is 8. The summed E-state index contributed by atoms with van der Waals surface area (Å²) in [6, 6.07) is 1.46. The third-order valence-electron chi connectivity index (χ3n) is 2.80.